The highest BCUT2D eigenvalue weighted by Crippen LogP contribution is 2.44. The molecule has 14 nitrogen and oxygen atoms in total. The monoisotopic (exact) mass is 578 g/mol. The second-order valence-corrected chi connectivity index (χ2v) is 11.1. The van der Waals surface area contributed by atoms with Crippen LogP contribution in [0.1, 0.15) is 52.9 Å². The van der Waals surface area contributed by atoms with Crippen LogP contribution in [0.5, 0.6) is 0 Å². The van der Waals surface area contributed by atoms with Gasteiger partial charge >= 0.3 is 47.8 Å². The largest absolute Gasteiger partial charge is 0.393 e. The number of hydrogen-bond donors (Lipinski definition) is 0. The third kappa shape index (κ3) is 5.07. The van der Waals surface area contributed by atoms with E-state index in [0.29, 0.717) is 12.8 Å². The van der Waals surface area contributed by atoms with Crippen LogP contribution in [-0.2, 0) is 66.8 Å². The summed E-state index contributed by atoms with van der Waals surface area (Å²) in [5.41, 5.74) is 0. The molecule has 6 aliphatic heterocycles. The first-order valence-electron chi connectivity index (χ1n) is 13.8. The average molecular weight is 579 g/mol. The zero-order chi connectivity index (χ0) is 29.7. The number of esters is 8. The van der Waals surface area contributed by atoms with Crippen LogP contribution in [0.4, 0.5) is 0 Å². The average Bonchev–Trinajstić information content (AvgIpc) is 3.67. The van der Waals surface area contributed by atoms with Crippen molar-refractivity contribution in [2.45, 2.75) is 77.3 Å². The van der Waals surface area contributed by atoms with Gasteiger partial charge in [0.2, 0.25) is 0 Å². The van der Waals surface area contributed by atoms with Gasteiger partial charge in [-0.25, -0.2) is 0 Å². The van der Waals surface area contributed by atoms with Gasteiger partial charge in [-0.3, -0.25) is 38.4 Å². The van der Waals surface area contributed by atoms with E-state index in [2.05, 4.69) is 18.9 Å². The van der Waals surface area contributed by atoms with Gasteiger partial charge in [0, 0.05) is 0 Å². The van der Waals surface area contributed by atoms with Crippen molar-refractivity contribution in [3.8, 4) is 0 Å². The normalized spacial score (nSPS) is 41.4. The maximum absolute atomic E-state index is 11.8. The number of rotatable bonds is 5. The Balaban J connectivity index is 0.000000165. The summed E-state index contributed by atoms with van der Waals surface area (Å²) in [6, 6.07) is 0. The third-order valence-corrected chi connectivity index (χ3v) is 8.80. The van der Waals surface area contributed by atoms with Crippen LogP contribution in [0.15, 0.2) is 0 Å². The van der Waals surface area contributed by atoms with Gasteiger partial charge < -0.3 is 28.4 Å². The van der Waals surface area contributed by atoms with E-state index in [-0.39, 0.29) is 25.4 Å². The zero-order valence-corrected chi connectivity index (χ0v) is 22.6. The van der Waals surface area contributed by atoms with Gasteiger partial charge in [-0.05, 0) is 25.7 Å². The van der Waals surface area contributed by atoms with E-state index < -0.39 is 107 Å². The van der Waals surface area contributed by atoms with E-state index in [1.807, 2.05) is 13.8 Å². The fourth-order valence-corrected chi connectivity index (χ4v) is 6.71. The SMILES string of the molecule is CCC1OC(C2C(=O)OC(=O)C2C)CC2C(=O)OC(=O)C12.CCC1OC(CC2CC(=O)OC2=O)C2C(=O)OC(=O)C12. The molecule has 0 N–H and O–H groups in total. The lowest BCUT2D eigenvalue weighted by molar-refractivity contribution is -0.164. The van der Waals surface area contributed by atoms with Crippen molar-refractivity contribution in [3.63, 3.8) is 0 Å². The van der Waals surface area contributed by atoms with E-state index >= 15 is 0 Å². The second kappa shape index (κ2) is 11.0. The van der Waals surface area contributed by atoms with Crippen molar-refractivity contribution in [3.05, 3.63) is 0 Å². The molecule has 0 aliphatic carbocycles. The van der Waals surface area contributed by atoms with Gasteiger partial charge in [-0.2, -0.15) is 0 Å². The van der Waals surface area contributed by atoms with E-state index in [1.54, 1.807) is 6.92 Å². The fourth-order valence-electron chi connectivity index (χ4n) is 6.71. The molecule has 14 heteroatoms. The van der Waals surface area contributed by atoms with Gasteiger partial charge in [-0.1, -0.05) is 20.8 Å². The number of carbonyl (C=O) groups is 8. The smallest absolute Gasteiger partial charge is 0.320 e. The second-order valence-electron chi connectivity index (χ2n) is 11.1. The molecule has 11 atom stereocenters. The summed E-state index contributed by atoms with van der Waals surface area (Å²) in [6.07, 6.45) is -0.557. The molecule has 6 heterocycles. The highest BCUT2D eigenvalue weighted by Gasteiger charge is 2.59. The number of cyclic esters (lactones) is 8. The summed E-state index contributed by atoms with van der Waals surface area (Å²) >= 11 is 0. The highest BCUT2D eigenvalue weighted by molar-refractivity contribution is 5.99. The van der Waals surface area contributed by atoms with Crippen molar-refractivity contribution < 1.29 is 66.8 Å². The molecule has 11 unspecified atom stereocenters. The lowest BCUT2D eigenvalue weighted by Gasteiger charge is -2.37. The maximum Gasteiger partial charge on any atom is 0.320 e. The number of carbonyl (C=O) groups excluding carboxylic acids is 8. The molecule has 222 valence electrons. The Morgan fingerprint density at radius 1 is 0.585 bits per heavy atom. The minimum Gasteiger partial charge on any atom is -0.393 e. The minimum absolute atomic E-state index is 0.00410. The minimum atomic E-state index is -0.726. The number of fused-ring (bicyclic) bond motifs is 2. The summed E-state index contributed by atoms with van der Waals surface area (Å²) in [6.45, 7) is 5.29. The van der Waals surface area contributed by atoms with Crippen molar-refractivity contribution >= 4 is 47.8 Å². The van der Waals surface area contributed by atoms with Crippen molar-refractivity contribution in [2.24, 2.45) is 41.4 Å². The van der Waals surface area contributed by atoms with Crippen LogP contribution in [0, 0.1) is 41.4 Å². The van der Waals surface area contributed by atoms with Gasteiger partial charge in [0.1, 0.15) is 0 Å². The van der Waals surface area contributed by atoms with E-state index in [9.17, 15) is 38.4 Å². The molecule has 0 radical (unpaired) electrons. The molecule has 6 fully saturated rings. The molecule has 0 amide bonds. The summed E-state index contributed by atoms with van der Waals surface area (Å²) in [4.78, 5) is 92.8. The van der Waals surface area contributed by atoms with Crippen LogP contribution < -0.4 is 0 Å². The quantitative estimate of drug-likeness (QED) is 0.243. The Morgan fingerprint density at radius 2 is 1.12 bits per heavy atom. The van der Waals surface area contributed by atoms with Crippen LogP contribution in [0.25, 0.3) is 0 Å². The van der Waals surface area contributed by atoms with E-state index in [0.717, 1.165) is 0 Å². The molecule has 0 saturated carbocycles. The van der Waals surface area contributed by atoms with Crippen molar-refractivity contribution in [2.75, 3.05) is 0 Å². The third-order valence-electron chi connectivity index (χ3n) is 8.80. The zero-order valence-electron chi connectivity index (χ0n) is 22.6. The topological polar surface area (TPSA) is 192 Å². The number of ether oxygens (including phenoxy) is 6. The molecular weight excluding hydrogens is 548 g/mol. The molecule has 0 spiro atoms. The molecule has 6 saturated heterocycles. The Hall–Kier alpha value is -3.52. The summed E-state index contributed by atoms with van der Waals surface area (Å²) in [5, 5.41) is 0. The molecule has 0 aromatic heterocycles. The molecule has 0 bridgehead atoms. The Morgan fingerprint density at radius 3 is 1.68 bits per heavy atom. The van der Waals surface area contributed by atoms with Crippen LogP contribution in [0.2, 0.25) is 0 Å². The first-order chi connectivity index (χ1) is 19.4. The Bertz CT molecular complexity index is 1210. The first-order valence-corrected chi connectivity index (χ1v) is 13.8. The molecule has 0 aromatic carbocycles. The highest BCUT2D eigenvalue weighted by atomic mass is 16.6. The summed E-state index contributed by atoms with van der Waals surface area (Å²) in [7, 11) is 0. The Labute approximate surface area is 233 Å². The standard InChI is InChI=1S/C14H16O7.C13H14O7/c1-3-7-10-6(12(16)21-14(10)18)4-8(19-7)9-5(2)11(15)20-13(9)17;1-2-6-9-10(13(17)20-12(9)16)7(18-6)3-5-4-8(14)19-11(5)15/h5-10H,3-4H2,1-2H3;5-7,9-10H,2-4H2,1H3. The lowest BCUT2D eigenvalue weighted by atomic mass is 9.77. The lowest BCUT2D eigenvalue weighted by Crippen LogP contribution is -2.47. The van der Waals surface area contributed by atoms with Crippen LogP contribution in [0.3, 0.4) is 0 Å². The van der Waals surface area contributed by atoms with E-state index in [4.69, 9.17) is 9.47 Å². The maximum atomic E-state index is 11.8. The van der Waals surface area contributed by atoms with Crippen LogP contribution >= 0.6 is 0 Å². The van der Waals surface area contributed by atoms with E-state index in [1.165, 1.54) is 0 Å². The van der Waals surface area contributed by atoms with Crippen molar-refractivity contribution in [1.82, 2.24) is 0 Å². The molecule has 0 aromatic rings. The van der Waals surface area contributed by atoms with Gasteiger partial charge in [0.25, 0.3) is 0 Å². The van der Waals surface area contributed by atoms with Gasteiger partial charge in [0.15, 0.2) is 0 Å². The molecule has 6 aliphatic rings. The summed E-state index contributed by atoms with van der Waals surface area (Å²) in [5.74, 6) is -9.04. The summed E-state index contributed by atoms with van der Waals surface area (Å²) < 4.78 is 30.0. The fraction of sp³-hybridized carbons (Fsp3) is 0.704. The number of hydrogen-bond acceptors (Lipinski definition) is 14. The first kappa shape index (κ1) is 29.0. The predicted octanol–water partition coefficient (Wildman–Crippen LogP) is 0.165. The van der Waals surface area contributed by atoms with Gasteiger partial charge in [0.05, 0.1) is 72.3 Å². The molecule has 41 heavy (non-hydrogen) atoms. The van der Waals surface area contributed by atoms with Crippen molar-refractivity contribution in [1.29, 1.82) is 0 Å². The van der Waals surface area contributed by atoms with Gasteiger partial charge in [-0.15, -0.1) is 0 Å². The van der Waals surface area contributed by atoms with Crippen LogP contribution in [-0.4, -0.2) is 72.2 Å². The Kier molecular flexibility index (Phi) is 7.81. The molecular formula is C27H30O14. The molecule has 6 rings (SSSR count). The predicted molar refractivity (Wildman–Crippen MR) is 126 cm³/mol.